The number of halogens is 1. The minimum absolute atomic E-state index is 0.00218. The Morgan fingerprint density at radius 1 is 0.854 bits per heavy atom. The summed E-state index contributed by atoms with van der Waals surface area (Å²) in [5, 5.41) is 46.0. The molecule has 6 N–H and O–H groups in total. The Morgan fingerprint density at radius 3 is 2.15 bits per heavy atom. The van der Waals surface area contributed by atoms with E-state index in [4.69, 9.17) is 25.8 Å². The number of ether oxygens (including phenoxy) is 3. The molecule has 0 unspecified atom stereocenters. The summed E-state index contributed by atoms with van der Waals surface area (Å²) in [6.45, 7) is 3.63. The van der Waals surface area contributed by atoms with E-state index in [2.05, 4.69) is 27.5 Å². The van der Waals surface area contributed by atoms with Crippen LogP contribution in [0.25, 0.3) is 0 Å². The first-order valence-corrected chi connectivity index (χ1v) is 15.6. The number of aliphatic hydroxyl groups is 3. The summed E-state index contributed by atoms with van der Waals surface area (Å²) in [6, 6.07) is 15.9. The van der Waals surface area contributed by atoms with Gasteiger partial charge in [-0.3, -0.25) is 9.59 Å². The first-order valence-electron chi connectivity index (χ1n) is 15.2. The standard InChI is InChI=1S/C33H37ClN4O10/c1-37-12-3-13-38(15-14-37)21-8-4-18(5-9-21)31(43)36-25-23(35-30(42)19-6-10-22(46-2)11-7-19)16-20(34)17-24(25)47-33-28(41)26(39)27(40)29(48-33)32(44)45/h4-11,16-17,26-29,33,39-41H,3,12-15H2,1-2H3,(H,35,42)(H,36,43)(H,44,45)/t26-,27-,28+,29-,33+/m0/s1. The molecule has 0 aliphatic carbocycles. The number of carboxylic acids is 1. The average Bonchev–Trinajstić information content (AvgIpc) is 3.30. The molecule has 0 spiro atoms. The zero-order valence-electron chi connectivity index (χ0n) is 26.2. The molecule has 48 heavy (non-hydrogen) atoms. The molecule has 2 heterocycles. The van der Waals surface area contributed by atoms with E-state index < -0.39 is 48.5 Å². The summed E-state index contributed by atoms with van der Waals surface area (Å²) in [4.78, 5) is 43.1. The van der Waals surface area contributed by atoms with Gasteiger partial charge in [0, 0.05) is 47.5 Å². The predicted octanol–water partition coefficient (Wildman–Crippen LogP) is 2.27. The number of carbonyl (C=O) groups is 3. The smallest absolute Gasteiger partial charge is 0.335 e. The van der Waals surface area contributed by atoms with Crippen LogP contribution in [-0.2, 0) is 9.53 Å². The largest absolute Gasteiger partial charge is 0.497 e. The second kappa shape index (κ2) is 15.2. The van der Waals surface area contributed by atoms with E-state index in [0.29, 0.717) is 5.75 Å². The topological polar surface area (TPSA) is 190 Å². The number of carboxylic acid groups (broad SMARTS) is 1. The van der Waals surface area contributed by atoms with Crippen molar-refractivity contribution in [2.24, 2.45) is 0 Å². The molecule has 5 atom stereocenters. The first kappa shape index (κ1) is 34.9. The number of methoxy groups -OCH3 is 1. The van der Waals surface area contributed by atoms with E-state index in [9.17, 15) is 34.8 Å². The fraction of sp³-hybridized carbons (Fsp3) is 0.364. The summed E-state index contributed by atoms with van der Waals surface area (Å²) in [7, 11) is 3.57. The van der Waals surface area contributed by atoms with E-state index >= 15 is 0 Å². The molecule has 2 aliphatic rings. The number of anilines is 3. The maximum atomic E-state index is 13.6. The van der Waals surface area contributed by atoms with Gasteiger partial charge in [-0.15, -0.1) is 0 Å². The van der Waals surface area contributed by atoms with Crippen molar-refractivity contribution in [1.29, 1.82) is 0 Å². The van der Waals surface area contributed by atoms with Gasteiger partial charge >= 0.3 is 5.97 Å². The van der Waals surface area contributed by atoms with Gasteiger partial charge in [-0.05, 0) is 74.6 Å². The summed E-state index contributed by atoms with van der Waals surface area (Å²) in [5.41, 5.74) is 1.38. The quantitative estimate of drug-likeness (QED) is 0.193. The van der Waals surface area contributed by atoms with Crippen LogP contribution in [0.15, 0.2) is 60.7 Å². The van der Waals surface area contributed by atoms with Crippen LogP contribution in [0.4, 0.5) is 17.1 Å². The molecule has 0 aromatic heterocycles. The minimum Gasteiger partial charge on any atom is -0.497 e. The zero-order chi connectivity index (χ0) is 34.5. The molecule has 15 heteroatoms. The highest BCUT2D eigenvalue weighted by Crippen LogP contribution is 2.39. The van der Waals surface area contributed by atoms with Crippen LogP contribution in [0.3, 0.4) is 0 Å². The number of nitrogens with zero attached hydrogens (tertiary/aromatic N) is 2. The lowest BCUT2D eigenvalue weighted by atomic mass is 9.99. The molecule has 2 fully saturated rings. The molecule has 2 saturated heterocycles. The highest BCUT2D eigenvalue weighted by Gasteiger charge is 2.48. The third-order valence-corrected chi connectivity index (χ3v) is 8.39. The summed E-state index contributed by atoms with van der Waals surface area (Å²) >= 11 is 6.39. The molecule has 2 amide bonds. The van der Waals surface area contributed by atoms with E-state index in [0.717, 1.165) is 38.3 Å². The molecule has 2 aliphatic heterocycles. The lowest BCUT2D eigenvalue weighted by molar-refractivity contribution is -0.271. The van der Waals surface area contributed by atoms with Gasteiger partial charge in [0.15, 0.2) is 6.10 Å². The fourth-order valence-corrected chi connectivity index (χ4v) is 5.64. The Kier molecular flexibility index (Phi) is 11.0. The monoisotopic (exact) mass is 684 g/mol. The van der Waals surface area contributed by atoms with Gasteiger partial charge in [-0.2, -0.15) is 0 Å². The highest BCUT2D eigenvalue weighted by atomic mass is 35.5. The van der Waals surface area contributed by atoms with Crippen molar-refractivity contribution in [3.05, 3.63) is 76.8 Å². The Hall–Kier alpha value is -4.44. The van der Waals surface area contributed by atoms with Gasteiger partial charge in [0.05, 0.1) is 12.8 Å². The Morgan fingerprint density at radius 2 is 1.50 bits per heavy atom. The van der Waals surface area contributed by atoms with Crippen molar-refractivity contribution in [2.75, 3.05) is 55.9 Å². The zero-order valence-corrected chi connectivity index (χ0v) is 27.0. The normalized spacial score (nSPS) is 23.1. The molecule has 256 valence electrons. The van der Waals surface area contributed by atoms with Crippen LogP contribution in [0.5, 0.6) is 11.5 Å². The number of aliphatic hydroxyl groups excluding tert-OH is 3. The molecule has 3 aromatic rings. The summed E-state index contributed by atoms with van der Waals surface area (Å²) in [5.74, 6) is -2.47. The van der Waals surface area contributed by atoms with Gasteiger partial charge < -0.3 is 55.1 Å². The Bertz CT molecular complexity index is 1620. The number of benzene rings is 3. The molecule has 0 saturated carbocycles. The molecule has 3 aromatic carbocycles. The number of nitrogens with one attached hydrogen (secondary N) is 2. The van der Waals surface area contributed by atoms with E-state index in [1.807, 2.05) is 12.1 Å². The van der Waals surface area contributed by atoms with Crippen molar-refractivity contribution in [2.45, 2.75) is 37.1 Å². The lowest BCUT2D eigenvalue weighted by Crippen LogP contribution is -2.61. The average molecular weight is 685 g/mol. The van der Waals surface area contributed by atoms with E-state index in [1.165, 1.54) is 31.4 Å². The first-order chi connectivity index (χ1) is 22.9. The van der Waals surface area contributed by atoms with Gasteiger partial charge in [0.1, 0.15) is 35.5 Å². The molecular formula is C33H37ClN4O10. The molecule has 5 rings (SSSR count). The van der Waals surface area contributed by atoms with E-state index in [1.54, 1.807) is 24.3 Å². The highest BCUT2D eigenvalue weighted by molar-refractivity contribution is 6.31. The van der Waals surface area contributed by atoms with Crippen LogP contribution < -0.4 is 25.0 Å². The predicted molar refractivity (Wildman–Crippen MR) is 176 cm³/mol. The number of hydrogen-bond acceptors (Lipinski definition) is 11. The SMILES string of the molecule is COc1ccc(C(=O)Nc2cc(Cl)cc(O[C@@H]3O[C@H](C(=O)O)[C@@H](O)[C@H](O)[C@H]3O)c2NC(=O)c2ccc(N3CCCN(C)CC3)cc2)cc1. The second-order valence-electron chi connectivity index (χ2n) is 11.5. The third-order valence-electron chi connectivity index (χ3n) is 8.18. The third kappa shape index (κ3) is 7.98. The summed E-state index contributed by atoms with van der Waals surface area (Å²) in [6.07, 6.45) is -8.56. The van der Waals surface area contributed by atoms with Crippen molar-refractivity contribution < 1.29 is 49.0 Å². The lowest BCUT2D eigenvalue weighted by Gasteiger charge is -2.38. The number of carbonyl (C=O) groups excluding carboxylic acids is 2. The van der Waals surface area contributed by atoms with Crippen molar-refractivity contribution >= 4 is 46.4 Å². The van der Waals surface area contributed by atoms with Crippen molar-refractivity contribution in [3.8, 4) is 11.5 Å². The number of amides is 2. The van der Waals surface area contributed by atoms with Crippen LogP contribution in [0.2, 0.25) is 5.02 Å². The van der Waals surface area contributed by atoms with Crippen molar-refractivity contribution in [3.63, 3.8) is 0 Å². The van der Waals surface area contributed by atoms with Crippen LogP contribution in [0, 0.1) is 0 Å². The van der Waals surface area contributed by atoms with Gasteiger partial charge in [0.2, 0.25) is 6.29 Å². The maximum Gasteiger partial charge on any atom is 0.335 e. The number of likely N-dealkylation sites (N-methyl/N-ethyl adjacent to an activating group) is 1. The van der Waals surface area contributed by atoms with Crippen LogP contribution in [-0.4, -0.2) is 114 Å². The number of rotatable bonds is 9. The van der Waals surface area contributed by atoms with E-state index in [-0.39, 0.29) is 33.3 Å². The molecule has 0 radical (unpaired) electrons. The van der Waals surface area contributed by atoms with Gasteiger partial charge in [-0.25, -0.2) is 4.79 Å². The summed E-state index contributed by atoms with van der Waals surface area (Å²) < 4.78 is 16.2. The van der Waals surface area contributed by atoms with Gasteiger partial charge in [-0.1, -0.05) is 11.6 Å². The number of hydrogen-bond donors (Lipinski definition) is 6. The Balaban J connectivity index is 1.46. The maximum absolute atomic E-state index is 13.6. The van der Waals surface area contributed by atoms with Crippen molar-refractivity contribution in [1.82, 2.24) is 4.90 Å². The molecular weight excluding hydrogens is 648 g/mol. The fourth-order valence-electron chi connectivity index (χ4n) is 5.43. The molecule has 0 bridgehead atoms. The minimum atomic E-state index is -1.95. The second-order valence-corrected chi connectivity index (χ2v) is 11.9. The molecule has 14 nitrogen and oxygen atoms in total. The van der Waals surface area contributed by atoms with Gasteiger partial charge in [0.25, 0.3) is 11.8 Å². The number of aliphatic carboxylic acids is 1. The Labute approximate surface area is 281 Å². The van der Waals surface area contributed by atoms with Crippen LogP contribution in [0.1, 0.15) is 27.1 Å². The van der Waals surface area contributed by atoms with Crippen LogP contribution >= 0.6 is 11.6 Å².